The van der Waals surface area contributed by atoms with Gasteiger partial charge in [0.2, 0.25) is 10.0 Å². The van der Waals surface area contributed by atoms with Crippen LogP contribution in [0.5, 0.6) is 0 Å². The zero-order chi connectivity index (χ0) is 21.2. The Hall–Kier alpha value is -2.89. The number of hydrogen-bond acceptors (Lipinski definition) is 7. The van der Waals surface area contributed by atoms with Crippen LogP contribution >= 0.6 is 0 Å². The molecule has 11 heteroatoms. The van der Waals surface area contributed by atoms with Crippen LogP contribution in [0.2, 0.25) is 0 Å². The van der Waals surface area contributed by atoms with Crippen molar-refractivity contribution in [2.75, 3.05) is 26.2 Å². The molecule has 0 N–H and O–H groups in total. The van der Waals surface area contributed by atoms with Crippen molar-refractivity contribution in [3.8, 4) is 0 Å². The maximum atomic E-state index is 12.8. The third-order valence-electron chi connectivity index (χ3n) is 5.05. The Kier molecular flexibility index (Phi) is 5.91. The molecule has 3 rings (SSSR count). The Balaban J connectivity index is 1.71. The Labute approximate surface area is 167 Å². The summed E-state index contributed by atoms with van der Waals surface area (Å²) in [6.07, 6.45) is 0. The van der Waals surface area contributed by atoms with Crippen LogP contribution in [0, 0.1) is 20.2 Å². The van der Waals surface area contributed by atoms with E-state index >= 15 is 0 Å². The van der Waals surface area contributed by atoms with E-state index in [1.54, 1.807) is 6.07 Å². The second kappa shape index (κ2) is 8.23. The van der Waals surface area contributed by atoms with Gasteiger partial charge in [0.15, 0.2) is 0 Å². The van der Waals surface area contributed by atoms with Crippen LogP contribution < -0.4 is 0 Å². The Morgan fingerprint density at radius 3 is 2.03 bits per heavy atom. The lowest BCUT2D eigenvalue weighted by atomic mass is 10.1. The molecule has 1 saturated heterocycles. The van der Waals surface area contributed by atoms with Gasteiger partial charge in [-0.1, -0.05) is 18.2 Å². The van der Waals surface area contributed by atoms with Gasteiger partial charge in [0, 0.05) is 56.5 Å². The summed E-state index contributed by atoms with van der Waals surface area (Å²) >= 11 is 0. The van der Waals surface area contributed by atoms with Crippen molar-refractivity contribution in [3.63, 3.8) is 0 Å². The highest BCUT2D eigenvalue weighted by molar-refractivity contribution is 7.89. The number of nitro groups is 2. The number of benzene rings is 2. The van der Waals surface area contributed by atoms with Crippen LogP contribution in [-0.4, -0.2) is 53.6 Å². The number of sulfonamides is 1. The van der Waals surface area contributed by atoms with Crippen LogP contribution in [0.1, 0.15) is 18.5 Å². The minimum atomic E-state index is -3.84. The molecular formula is C18H20N4O6S. The highest BCUT2D eigenvalue weighted by atomic mass is 32.2. The van der Waals surface area contributed by atoms with Crippen molar-refractivity contribution in [1.29, 1.82) is 0 Å². The molecule has 2 aromatic rings. The summed E-state index contributed by atoms with van der Waals surface area (Å²) in [5.74, 6) is 0. The summed E-state index contributed by atoms with van der Waals surface area (Å²) in [5.41, 5.74) is 0.527. The maximum absolute atomic E-state index is 12.8. The average molecular weight is 420 g/mol. The predicted octanol–water partition coefficient (Wildman–Crippen LogP) is 2.57. The fourth-order valence-electron chi connectivity index (χ4n) is 3.35. The molecule has 1 unspecified atom stereocenters. The fraction of sp³-hybridized carbons (Fsp3) is 0.333. The van der Waals surface area contributed by atoms with Crippen molar-refractivity contribution in [1.82, 2.24) is 9.21 Å². The number of nitrogens with zero attached hydrogens (tertiary/aromatic N) is 4. The van der Waals surface area contributed by atoms with Gasteiger partial charge in [-0.05, 0) is 18.6 Å². The smallest absolute Gasteiger partial charge is 0.270 e. The van der Waals surface area contributed by atoms with Gasteiger partial charge >= 0.3 is 0 Å². The topological polar surface area (TPSA) is 127 Å². The van der Waals surface area contributed by atoms with Crippen LogP contribution in [0.4, 0.5) is 11.4 Å². The van der Waals surface area contributed by atoms with E-state index < -0.39 is 19.9 Å². The molecule has 1 aliphatic rings. The molecule has 0 spiro atoms. The first-order chi connectivity index (χ1) is 13.7. The van der Waals surface area contributed by atoms with Gasteiger partial charge in [0.1, 0.15) is 0 Å². The molecule has 0 aliphatic carbocycles. The predicted molar refractivity (Wildman–Crippen MR) is 105 cm³/mol. The second-order valence-electron chi connectivity index (χ2n) is 6.72. The average Bonchev–Trinajstić information content (AvgIpc) is 2.73. The standard InChI is InChI=1S/C18H20N4O6S/c1-14(15-4-2-5-16(12-15)21(23)24)19-8-10-20(11-9-19)29(27,28)18-7-3-6-17(13-18)22(25)26/h2-7,12-14H,8-11H2,1H3. The first-order valence-electron chi connectivity index (χ1n) is 8.93. The van der Waals surface area contributed by atoms with Crippen LogP contribution in [-0.2, 0) is 10.0 Å². The van der Waals surface area contributed by atoms with Gasteiger partial charge in [-0.15, -0.1) is 0 Å². The number of rotatable bonds is 6. The summed E-state index contributed by atoms with van der Waals surface area (Å²) in [4.78, 5) is 22.8. The van der Waals surface area contributed by atoms with Crippen LogP contribution in [0.25, 0.3) is 0 Å². The summed E-state index contributed by atoms with van der Waals surface area (Å²) in [5, 5.41) is 21.9. The molecule has 2 aromatic carbocycles. The summed E-state index contributed by atoms with van der Waals surface area (Å²) in [6, 6.07) is 11.3. The van der Waals surface area contributed by atoms with Gasteiger partial charge in [-0.3, -0.25) is 25.1 Å². The number of nitro benzene ring substituents is 2. The highest BCUT2D eigenvalue weighted by Crippen LogP contribution is 2.27. The van der Waals surface area contributed by atoms with Crippen molar-refractivity contribution in [3.05, 3.63) is 74.3 Å². The van der Waals surface area contributed by atoms with Gasteiger partial charge in [0.25, 0.3) is 11.4 Å². The van der Waals surface area contributed by atoms with E-state index in [9.17, 15) is 28.6 Å². The van der Waals surface area contributed by atoms with Crippen LogP contribution in [0.15, 0.2) is 53.4 Å². The number of non-ortho nitro benzene ring substituents is 2. The Bertz CT molecular complexity index is 1030. The highest BCUT2D eigenvalue weighted by Gasteiger charge is 2.31. The molecule has 0 radical (unpaired) electrons. The van der Waals surface area contributed by atoms with Gasteiger partial charge in [-0.25, -0.2) is 8.42 Å². The molecule has 0 saturated carbocycles. The molecule has 1 heterocycles. The molecule has 0 aromatic heterocycles. The van der Waals surface area contributed by atoms with E-state index in [4.69, 9.17) is 0 Å². The van der Waals surface area contributed by atoms with E-state index in [0.29, 0.717) is 13.1 Å². The lowest BCUT2D eigenvalue weighted by molar-refractivity contribution is -0.385. The summed E-state index contributed by atoms with van der Waals surface area (Å²) in [7, 11) is -3.84. The molecular weight excluding hydrogens is 400 g/mol. The van der Waals surface area contributed by atoms with Crippen LogP contribution in [0.3, 0.4) is 0 Å². The number of piperazine rings is 1. The van der Waals surface area contributed by atoms with E-state index in [0.717, 1.165) is 11.6 Å². The first-order valence-corrected chi connectivity index (χ1v) is 10.4. The van der Waals surface area contributed by atoms with Crippen molar-refractivity contribution < 1.29 is 18.3 Å². The minimum absolute atomic E-state index is 0.0150. The third kappa shape index (κ3) is 4.42. The van der Waals surface area contributed by atoms with Gasteiger partial charge in [-0.2, -0.15) is 4.31 Å². The molecule has 1 fully saturated rings. The minimum Gasteiger partial charge on any atom is -0.294 e. The quantitative estimate of drug-likeness (QED) is 0.519. The number of hydrogen-bond donors (Lipinski definition) is 0. The molecule has 1 atom stereocenters. The van der Waals surface area contributed by atoms with Gasteiger partial charge in [0.05, 0.1) is 14.7 Å². The van der Waals surface area contributed by atoms with E-state index in [1.165, 1.54) is 34.6 Å². The van der Waals surface area contributed by atoms with E-state index in [-0.39, 0.29) is 35.4 Å². The lowest BCUT2D eigenvalue weighted by Gasteiger charge is -2.37. The Morgan fingerprint density at radius 2 is 1.45 bits per heavy atom. The zero-order valence-electron chi connectivity index (χ0n) is 15.7. The molecule has 1 aliphatic heterocycles. The molecule has 29 heavy (non-hydrogen) atoms. The molecule has 154 valence electrons. The fourth-order valence-corrected chi connectivity index (χ4v) is 4.81. The molecule has 10 nitrogen and oxygen atoms in total. The van der Waals surface area contributed by atoms with Gasteiger partial charge < -0.3 is 0 Å². The van der Waals surface area contributed by atoms with E-state index in [2.05, 4.69) is 4.90 Å². The molecule has 0 amide bonds. The summed E-state index contributed by atoms with van der Waals surface area (Å²) < 4.78 is 27.0. The normalized spacial score (nSPS) is 17.0. The third-order valence-corrected chi connectivity index (χ3v) is 6.95. The largest absolute Gasteiger partial charge is 0.294 e. The van der Waals surface area contributed by atoms with Crippen molar-refractivity contribution in [2.45, 2.75) is 17.9 Å². The second-order valence-corrected chi connectivity index (χ2v) is 8.66. The monoisotopic (exact) mass is 420 g/mol. The van der Waals surface area contributed by atoms with Crippen molar-refractivity contribution >= 4 is 21.4 Å². The zero-order valence-corrected chi connectivity index (χ0v) is 16.5. The summed E-state index contributed by atoms with van der Waals surface area (Å²) in [6.45, 7) is 3.26. The maximum Gasteiger partial charge on any atom is 0.270 e. The van der Waals surface area contributed by atoms with E-state index in [1.807, 2.05) is 13.0 Å². The van der Waals surface area contributed by atoms with Crippen molar-refractivity contribution in [2.24, 2.45) is 0 Å². The lowest BCUT2D eigenvalue weighted by Crippen LogP contribution is -2.49. The first kappa shape index (κ1) is 20.8. The molecule has 0 bridgehead atoms. The SMILES string of the molecule is CC(c1cccc([N+](=O)[O-])c1)N1CCN(S(=O)(=O)c2cccc([N+](=O)[O-])c2)CC1. The Morgan fingerprint density at radius 1 is 0.897 bits per heavy atom.